The summed E-state index contributed by atoms with van der Waals surface area (Å²) in [7, 11) is -3.74. The minimum Gasteiger partial charge on any atom is -0.480 e. The molecule has 1 aliphatic heterocycles. The van der Waals surface area contributed by atoms with Crippen molar-refractivity contribution in [2.75, 3.05) is 5.32 Å². The molecule has 0 saturated heterocycles. The van der Waals surface area contributed by atoms with Crippen LogP contribution in [-0.2, 0) is 21.2 Å². The lowest BCUT2D eigenvalue weighted by Gasteiger charge is -2.22. The number of guanidine groups is 1. The van der Waals surface area contributed by atoms with Crippen molar-refractivity contribution in [2.24, 2.45) is 4.99 Å². The predicted octanol–water partition coefficient (Wildman–Crippen LogP) is 1.17. The summed E-state index contributed by atoms with van der Waals surface area (Å²) in [5, 5.41) is 11.8. The number of hydrogen-bond acceptors (Lipinski definition) is 4. The van der Waals surface area contributed by atoms with Crippen LogP contribution >= 0.6 is 0 Å². The number of benzene rings is 1. The maximum atomic E-state index is 12.2. The highest BCUT2D eigenvalue weighted by Crippen LogP contribution is 2.26. The van der Waals surface area contributed by atoms with E-state index in [0.717, 1.165) is 12.0 Å². The van der Waals surface area contributed by atoms with E-state index in [1.54, 1.807) is 19.1 Å². The minimum absolute atomic E-state index is 0.0685. The number of aryl methyl sites for hydroxylation is 1. The van der Waals surface area contributed by atoms with E-state index in [2.05, 4.69) is 15.0 Å². The second-order valence-electron chi connectivity index (χ2n) is 4.65. The van der Waals surface area contributed by atoms with Crippen molar-refractivity contribution in [3.63, 3.8) is 0 Å². The van der Waals surface area contributed by atoms with Crippen LogP contribution in [0.4, 0.5) is 5.69 Å². The van der Waals surface area contributed by atoms with Gasteiger partial charge < -0.3 is 10.4 Å². The standard InChI is InChI=1S/C13H17N3O4S/c1-3-8-5-6-10-11(7-8)21(19,20)16-13(15-10)14-9(4-2)12(17)18/h5-7,9H,3-4H2,1-2H3,(H,17,18)(H2,14,15,16). The first-order valence-corrected chi connectivity index (χ1v) is 8.09. The van der Waals surface area contributed by atoms with Gasteiger partial charge in [-0.3, -0.25) is 0 Å². The largest absolute Gasteiger partial charge is 0.480 e. The molecule has 1 aromatic rings. The van der Waals surface area contributed by atoms with Gasteiger partial charge in [0.15, 0.2) is 6.04 Å². The SMILES string of the molecule is CCc1ccc2c(c1)S(=O)(=O)NC(=NC(CC)C(=O)O)N2. The van der Waals surface area contributed by atoms with E-state index in [4.69, 9.17) is 5.11 Å². The van der Waals surface area contributed by atoms with Gasteiger partial charge in [-0.15, -0.1) is 0 Å². The van der Waals surface area contributed by atoms with Gasteiger partial charge in [0.1, 0.15) is 4.90 Å². The predicted molar refractivity (Wildman–Crippen MR) is 78.9 cm³/mol. The molecule has 1 heterocycles. The van der Waals surface area contributed by atoms with Crippen molar-refractivity contribution in [1.29, 1.82) is 0 Å². The monoisotopic (exact) mass is 311 g/mol. The van der Waals surface area contributed by atoms with Gasteiger partial charge in [-0.1, -0.05) is 19.9 Å². The summed E-state index contributed by atoms with van der Waals surface area (Å²) in [5.74, 6) is -1.17. The molecule has 0 fully saturated rings. The second kappa shape index (κ2) is 5.72. The smallest absolute Gasteiger partial charge is 0.328 e. The Morgan fingerprint density at radius 1 is 1.38 bits per heavy atom. The molecule has 0 aromatic heterocycles. The molecule has 0 bridgehead atoms. The van der Waals surface area contributed by atoms with Crippen LogP contribution in [0.15, 0.2) is 28.1 Å². The number of fused-ring (bicyclic) bond motifs is 1. The summed E-state index contributed by atoms with van der Waals surface area (Å²) in [6.07, 6.45) is 0.991. The van der Waals surface area contributed by atoms with Crippen molar-refractivity contribution in [2.45, 2.75) is 37.6 Å². The Hall–Kier alpha value is -2.09. The van der Waals surface area contributed by atoms with Crippen LogP contribution in [0, 0.1) is 0 Å². The number of nitrogens with one attached hydrogen (secondary N) is 2. The van der Waals surface area contributed by atoms with E-state index in [9.17, 15) is 13.2 Å². The number of carboxylic acid groups (broad SMARTS) is 1. The molecule has 0 spiro atoms. The zero-order chi connectivity index (χ0) is 15.6. The number of carbonyl (C=O) groups is 1. The number of hydrogen-bond donors (Lipinski definition) is 3. The summed E-state index contributed by atoms with van der Waals surface area (Å²) >= 11 is 0. The third-order valence-corrected chi connectivity index (χ3v) is 4.56. The quantitative estimate of drug-likeness (QED) is 0.773. The second-order valence-corrected chi connectivity index (χ2v) is 6.31. The molecule has 1 aliphatic rings. The topological polar surface area (TPSA) is 108 Å². The number of aliphatic imine (C=N–C) groups is 1. The van der Waals surface area contributed by atoms with Crippen LogP contribution in [0.1, 0.15) is 25.8 Å². The number of nitrogens with zero attached hydrogens (tertiary/aromatic N) is 1. The maximum absolute atomic E-state index is 12.2. The number of carboxylic acids is 1. The Morgan fingerprint density at radius 2 is 2.10 bits per heavy atom. The average Bonchev–Trinajstić information content (AvgIpc) is 2.43. The zero-order valence-electron chi connectivity index (χ0n) is 11.8. The molecule has 0 saturated carbocycles. The summed E-state index contributed by atoms with van der Waals surface area (Å²) < 4.78 is 26.7. The Balaban J connectivity index is 2.42. The lowest BCUT2D eigenvalue weighted by Crippen LogP contribution is -2.42. The molecule has 2 rings (SSSR count). The Kier molecular flexibility index (Phi) is 4.17. The van der Waals surface area contributed by atoms with Crippen LogP contribution in [0.3, 0.4) is 0 Å². The fourth-order valence-electron chi connectivity index (χ4n) is 1.98. The molecule has 7 nitrogen and oxygen atoms in total. The van der Waals surface area contributed by atoms with E-state index >= 15 is 0 Å². The van der Waals surface area contributed by atoms with Crippen LogP contribution in [0.2, 0.25) is 0 Å². The van der Waals surface area contributed by atoms with E-state index < -0.39 is 22.0 Å². The molecular weight excluding hydrogens is 294 g/mol. The molecule has 114 valence electrons. The highest BCUT2D eigenvalue weighted by molar-refractivity contribution is 7.90. The average molecular weight is 311 g/mol. The first-order chi connectivity index (χ1) is 9.87. The number of sulfonamides is 1. The third kappa shape index (κ3) is 3.15. The highest BCUT2D eigenvalue weighted by Gasteiger charge is 2.28. The summed E-state index contributed by atoms with van der Waals surface area (Å²) in [4.78, 5) is 15.0. The van der Waals surface area contributed by atoms with Gasteiger partial charge in [0, 0.05) is 0 Å². The molecule has 1 aromatic carbocycles. The van der Waals surface area contributed by atoms with Gasteiger partial charge in [0.2, 0.25) is 5.96 Å². The molecule has 21 heavy (non-hydrogen) atoms. The molecule has 0 amide bonds. The van der Waals surface area contributed by atoms with E-state index in [1.807, 2.05) is 13.0 Å². The van der Waals surface area contributed by atoms with Gasteiger partial charge in [0.25, 0.3) is 10.0 Å². The maximum Gasteiger partial charge on any atom is 0.328 e. The van der Waals surface area contributed by atoms with Gasteiger partial charge >= 0.3 is 5.97 Å². The normalized spacial score (nSPS) is 19.2. The minimum atomic E-state index is -3.74. The third-order valence-electron chi connectivity index (χ3n) is 3.18. The summed E-state index contributed by atoms with van der Waals surface area (Å²) in [6.45, 7) is 3.60. The first kappa shape index (κ1) is 15.3. The summed E-state index contributed by atoms with van der Waals surface area (Å²) in [6, 6.07) is 4.07. The number of anilines is 1. The summed E-state index contributed by atoms with van der Waals surface area (Å²) in [5.41, 5.74) is 1.29. The molecule has 0 radical (unpaired) electrons. The van der Waals surface area contributed by atoms with E-state index in [1.165, 1.54) is 0 Å². The van der Waals surface area contributed by atoms with Crippen LogP contribution in [0.25, 0.3) is 0 Å². The van der Waals surface area contributed by atoms with Crippen molar-refractivity contribution >= 4 is 27.6 Å². The lowest BCUT2D eigenvalue weighted by molar-refractivity contribution is -0.138. The highest BCUT2D eigenvalue weighted by atomic mass is 32.2. The molecule has 1 atom stereocenters. The van der Waals surface area contributed by atoms with Crippen molar-refractivity contribution in [3.8, 4) is 0 Å². The van der Waals surface area contributed by atoms with Crippen LogP contribution in [0.5, 0.6) is 0 Å². The van der Waals surface area contributed by atoms with Crippen LogP contribution < -0.4 is 10.0 Å². The van der Waals surface area contributed by atoms with E-state index in [-0.39, 0.29) is 17.3 Å². The first-order valence-electron chi connectivity index (χ1n) is 6.60. The van der Waals surface area contributed by atoms with Crippen molar-refractivity contribution in [3.05, 3.63) is 23.8 Å². The Labute approximate surface area is 123 Å². The Bertz CT molecular complexity index is 697. The Morgan fingerprint density at radius 3 is 2.67 bits per heavy atom. The molecule has 0 aliphatic carbocycles. The van der Waals surface area contributed by atoms with E-state index in [0.29, 0.717) is 5.69 Å². The van der Waals surface area contributed by atoms with Crippen molar-refractivity contribution in [1.82, 2.24) is 4.72 Å². The zero-order valence-corrected chi connectivity index (χ0v) is 12.6. The lowest BCUT2D eigenvalue weighted by atomic mass is 10.1. The van der Waals surface area contributed by atoms with Gasteiger partial charge in [-0.05, 0) is 30.5 Å². The van der Waals surface area contributed by atoms with Gasteiger partial charge in [-0.25, -0.2) is 22.9 Å². The number of aliphatic carboxylic acids is 1. The van der Waals surface area contributed by atoms with Crippen molar-refractivity contribution < 1.29 is 18.3 Å². The van der Waals surface area contributed by atoms with Crippen LogP contribution in [-0.4, -0.2) is 31.5 Å². The molecular formula is C13H17N3O4S. The molecule has 8 heteroatoms. The molecule has 3 N–H and O–H groups in total. The molecule has 1 unspecified atom stereocenters. The fraction of sp³-hybridized carbons (Fsp3) is 0.385. The number of rotatable bonds is 4. The fourth-order valence-corrected chi connectivity index (χ4v) is 3.17. The van der Waals surface area contributed by atoms with Gasteiger partial charge in [0.05, 0.1) is 5.69 Å². The van der Waals surface area contributed by atoms with Gasteiger partial charge in [-0.2, -0.15) is 0 Å².